The van der Waals surface area contributed by atoms with Crippen LogP contribution in [0.2, 0.25) is 0 Å². The van der Waals surface area contributed by atoms with Gasteiger partial charge in [-0.05, 0) is 59.0 Å². The topological polar surface area (TPSA) is 50.9 Å². The van der Waals surface area contributed by atoms with Gasteiger partial charge in [-0.3, -0.25) is 4.57 Å². The van der Waals surface area contributed by atoms with Crippen molar-refractivity contribution in [3.63, 3.8) is 0 Å². The maximum atomic E-state index is 10.6. The van der Waals surface area contributed by atoms with Gasteiger partial charge >= 0.3 is 0 Å². The van der Waals surface area contributed by atoms with E-state index in [1.807, 2.05) is 78.9 Å². The number of para-hydroxylation sites is 4. The Hall–Kier alpha value is -4.01. The van der Waals surface area contributed by atoms with Crippen molar-refractivity contribution in [1.29, 1.82) is 0 Å². The van der Waals surface area contributed by atoms with Crippen LogP contribution in [0.1, 0.15) is 50.7 Å². The average Bonchev–Trinajstić information content (AvgIpc) is 3.37. The van der Waals surface area contributed by atoms with Crippen molar-refractivity contribution in [3.05, 3.63) is 133 Å². The summed E-state index contributed by atoms with van der Waals surface area (Å²) in [5, 5.41) is 10.6. The number of benzene rings is 4. The summed E-state index contributed by atoms with van der Waals surface area (Å²) in [7, 11) is 0. The van der Waals surface area contributed by atoms with Gasteiger partial charge < -0.3 is 10.1 Å². The van der Waals surface area contributed by atoms with Gasteiger partial charge in [0.05, 0.1) is 22.3 Å². The fraction of sp³-hybridized carbons (Fsp3) is 0.167. The van der Waals surface area contributed by atoms with Crippen molar-refractivity contribution in [3.8, 4) is 34.1 Å². The maximum Gasteiger partial charge on any atom is 0.149 e. The zero-order valence-electron chi connectivity index (χ0n) is 23.7. The monoisotopic (exact) mass is 719 g/mol. The van der Waals surface area contributed by atoms with Crippen molar-refractivity contribution in [2.24, 2.45) is 0 Å². The number of phenols is 1. The van der Waals surface area contributed by atoms with Crippen LogP contribution in [0.15, 0.2) is 115 Å². The third-order valence-corrected chi connectivity index (χ3v) is 6.92. The Morgan fingerprint density at radius 1 is 0.707 bits per heavy atom. The summed E-state index contributed by atoms with van der Waals surface area (Å²) in [6.45, 7) is 8.90. The minimum Gasteiger partial charge on any atom is -0.507 e. The second-order valence-electron chi connectivity index (χ2n) is 10.4. The molecule has 210 valence electrons. The third kappa shape index (κ3) is 6.50. The molecule has 0 saturated heterocycles. The van der Waals surface area contributed by atoms with Crippen molar-refractivity contribution in [2.45, 2.75) is 39.5 Å². The SMILES string of the molecule is CC(C)c1cccc(C(C)C)c1-n1c(-c2ccccc2O)nc2ccccc21.[Pt].[c-]1ccccc1-c1ccccn1. The van der Waals surface area contributed by atoms with Gasteiger partial charge in [-0.15, -0.1) is 35.9 Å². The van der Waals surface area contributed by atoms with Crippen molar-refractivity contribution in [1.82, 2.24) is 14.5 Å². The molecule has 1 N–H and O–H groups in total. The Labute approximate surface area is 257 Å². The molecule has 5 heteroatoms. The molecule has 6 rings (SSSR count). The molecule has 6 aromatic rings. The molecule has 2 aromatic heterocycles. The van der Waals surface area contributed by atoms with Crippen molar-refractivity contribution < 1.29 is 26.2 Å². The van der Waals surface area contributed by atoms with Gasteiger partial charge in [0.15, 0.2) is 0 Å². The predicted octanol–water partition coefficient (Wildman–Crippen LogP) is 9.19. The molecule has 0 unspecified atom stereocenters. The van der Waals surface area contributed by atoms with Crippen LogP contribution in [-0.2, 0) is 21.1 Å². The van der Waals surface area contributed by atoms with Crippen LogP contribution in [0.25, 0.3) is 39.4 Å². The second kappa shape index (κ2) is 13.6. The number of imidazole rings is 1. The Bertz CT molecular complexity index is 1650. The fourth-order valence-electron chi connectivity index (χ4n) is 4.94. The van der Waals surface area contributed by atoms with E-state index in [4.69, 9.17) is 4.98 Å². The van der Waals surface area contributed by atoms with Gasteiger partial charge in [0.25, 0.3) is 0 Å². The average molecular weight is 720 g/mol. The summed E-state index contributed by atoms with van der Waals surface area (Å²) in [4.78, 5) is 9.14. The molecule has 41 heavy (non-hydrogen) atoms. The Morgan fingerprint density at radius 2 is 1.37 bits per heavy atom. The molecule has 0 bridgehead atoms. The molecule has 0 aliphatic carbocycles. The number of fused-ring (bicyclic) bond motifs is 1. The molecule has 0 atom stereocenters. The summed E-state index contributed by atoms with van der Waals surface area (Å²) >= 11 is 0. The molecular formula is C36H34N3OPt-. The van der Waals surface area contributed by atoms with Gasteiger partial charge in [-0.1, -0.05) is 82.3 Å². The smallest absolute Gasteiger partial charge is 0.149 e. The van der Waals surface area contributed by atoms with Crippen LogP contribution < -0.4 is 0 Å². The van der Waals surface area contributed by atoms with Crippen LogP contribution in [-0.4, -0.2) is 19.6 Å². The first kappa shape index (κ1) is 30.0. The molecule has 0 fully saturated rings. The van der Waals surface area contributed by atoms with E-state index in [2.05, 4.69) is 67.6 Å². The molecule has 0 aliphatic heterocycles. The first-order valence-corrected chi connectivity index (χ1v) is 13.7. The summed E-state index contributed by atoms with van der Waals surface area (Å²) in [6, 6.07) is 39.0. The summed E-state index contributed by atoms with van der Waals surface area (Å²) in [5.74, 6) is 1.75. The first-order chi connectivity index (χ1) is 19.5. The van der Waals surface area contributed by atoms with E-state index < -0.39 is 0 Å². The Balaban J connectivity index is 0.000000249. The number of rotatable bonds is 5. The van der Waals surface area contributed by atoms with Crippen LogP contribution in [0.4, 0.5) is 0 Å². The number of pyridine rings is 1. The maximum absolute atomic E-state index is 10.6. The van der Waals surface area contributed by atoms with E-state index in [1.165, 1.54) is 16.8 Å². The molecule has 0 spiro atoms. The molecule has 0 amide bonds. The summed E-state index contributed by atoms with van der Waals surface area (Å²) < 4.78 is 2.23. The van der Waals surface area contributed by atoms with Gasteiger partial charge in [0.2, 0.25) is 0 Å². The molecule has 2 heterocycles. The molecule has 0 saturated carbocycles. The molecule has 0 aliphatic rings. The van der Waals surface area contributed by atoms with Crippen LogP contribution >= 0.6 is 0 Å². The van der Waals surface area contributed by atoms with Crippen LogP contribution in [0.5, 0.6) is 5.75 Å². The minimum absolute atomic E-state index is 0. The number of hydrogen-bond acceptors (Lipinski definition) is 3. The molecule has 4 aromatic carbocycles. The van der Waals surface area contributed by atoms with Gasteiger partial charge in [-0.2, -0.15) is 0 Å². The zero-order chi connectivity index (χ0) is 28.1. The zero-order valence-corrected chi connectivity index (χ0v) is 26.0. The van der Waals surface area contributed by atoms with Crippen LogP contribution in [0, 0.1) is 6.07 Å². The Morgan fingerprint density at radius 3 is 2.00 bits per heavy atom. The van der Waals surface area contributed by atoms with Gasteiger partial charge in [0.1, 0.15) is 11.6 Å². The molecule has 4 nitrogen and oxygen atoms in total. The fourth-order valence-corrected chi connectivity index (χ4v) is 4.94. The van der Waals surface area contributed by atoms with E-state index >= 15 is 0 Å². The third-order valence-electron chi connectivity index (χ3n) is 6.92. The number of aromatic hydroxyl groups is 1. The largest absolute Gasteiger partial charge is 0.507 e. The molecule has 0 radical (unpaired) electrons. The van der Waals surface area contributed by atoms with Gasteiger partial charge in [0, 0.05) is 27.3 Å². The quantitative estimate of drug-likeness (QED) is 0.181. The van der Waals surface area contributed by atoms with Crippen molar-refractivity contribution in [2.75, 3.05) is 0 Å². The van der Waals surface area contributed by atoms with E-state index in [0.717, 1.165) is 33.7 Å². The van der Waals surface area contributed by atoms with E-state index in [0.29, 0.717) is 11.8 Å². The number of aromatic nitrogens is 3. The predicted molar refractivity (Wildman–Crippen MR) is 165 cm³/mol. The number of phenolic OH excluding ortho intramolecular Hbond substituents is 1. The van der Waals surface area contributed by atoms with Crippen LogP contribution in [0.3, 0.4) is 0 Å². The normalized spacial score (nSPS) is 10.8. The van der Waals surface area contributed by atoms with E-state index in [1.54, 1.807) is 12.3 Å². The number of nitrogens with zero attached hydrogens (tertiary/aromatic N) is 3. The summed E-state index contributed by atoms with van der Waals surface area (Å²) in [6.07, 6.45) is 1.79. The standard InChI is InChI=1S/C25H26N2O.C11H8N.Pt/c1-16(2)18-11-9-12-19(17(3)4)24(18)27-22-14-7-6-13-21(22)26-25(27)20-10-5-8-15-23(20)28;1-2-6-10(7-3-1)11-8-4-5-9-12-11;/h5-17,28H,1-4H3;1-6,8-9H;/q;-1;. The summed E-state index contributed by atoms with van der Waals surface area (Å²) in [5.41, 5.74) is 8.48. The van der Waals surface area contributed by atoms with Gasteiger partial charge in [-0.25, -0.2) is 4.98 Å². The van der Waals surface area contributed by atoms with E-state index in [-0.39, 0.29) is 26.8 Å². The molecular weight excluding hydrogens is 685 g/mol. The minimum atomic E-state index is 0. The first-order valence-electron chi connectivity index (χ1n) is 13.7. The Kier molecular flexibility index (Phi) is 9.91. The van der Waals surface area contributed by atoms with E-state index in [9.17, 15) is 5.11 Å². The number of hydrogen-bond donors (Lipinski definition) is 1. The second-order valence-corrected chi connectivity index (χ2v) is 10.4. The van der Waals surface area contributed by atoms with Crippen molar-refractivity contribution >= 4 is 11.0 Å².